The lowest BCUT2D eigenvalue weighted by Gasteiger charge is -2.35. The van der Waals surface area contributed by atoms with Gasteiger partial charge in [0.25, 0.3) is 0 Å². The number of benzene rings is 3. The topological polar surface area (TPSA) is 29.5 Å². The summed E-state index contributed by atoms with van der Waals surface area (Å²) < 4.78 is 6.14. The van der Waals surface area contributed by atoms with E-state index in [2.05, 4.69) is 88.2 Å². The van der Waals surface area contributed by atoms with Gasteiger partial charge in [0, 0.05) is 29.4 Å². The summed E-state index contributed by atoms with van der Waals surface area (Å²) in [5.41, 5.74) is 5.97. The summed E-state index contributed by atoms with van der Waals surface area (Å²) in [6, 6.07) is 25.9. The van der Waals surface area contributed by atoms with Gasteiger partial charge in [-0.15, -0.1) is 0 Å². The average Bonchev–Trinajstić information content (AvgIpc) is 2.90. The molecule has 1 unspecified atom stereocenters. The van der Waals surface area contributed by atoms with Crippen LogP contribution >= 0.6 is 0 Å². The Bertz CT molecular complexity index is 1210. The van der Waals surface area contributed by atoms with Crippen LogP contribution in [0, 0.1) is 19.3 Å². The van der Waals surface area contributed by atoms with Gasteiger partial charge in [-0.2, -0.15) is 0 Å². The number of anilines is 1. The summed E-state index contributed by atoms with van der Waals surface area (Å²) in [6.07, 6.45) is 4.15. The lowest BCUT2D eigenvalue weighted by atomic mass is 9.70. The number of carbonyl (C=O) groups excluding carboxylic acids is 1. The van der Waals surface area contributed by atoms with E-state index < -0.39 is 5.41 Å². The van der Waals surface area contributed by atoms with Gasteiger partial charge >= 0.3 is 5.97 Å². The van der Waals surface area contributed by atoms with Crippen LogP contribution in [-0.4, -0.2) is 5.97 Å². The normalized spacial score (nSPS) is 17.6. The third-order valence-electron chi connectivity index (χ3n) is 6.61. The molecule has 0 radical (unpaired) electrons. The van der Waals surface area contributed by atoms with Gasteiger partial charge in [0.15, 0.2) is 0 Å². The zero-order chi connectivity index (χ0) is 23.6. The Hall–Kier alpha value is -3.59. The number of hydrogen-bond acceptors (Lipinski definition) is 3. The van der Waals surface area contributed by atoms with Crippen LogP contribution in [0.3, 0.4) is 0 Å². The molecule has 0 bridgehead atoms. The molecule has 0 saturated carbocycles. The molecule has 3 aromatic rings. The fourth-order valence-electron chi connectivity index (χ4n) is 4.71. The van der Waals surface area contributed by atoms with E-state index in [1.54, 1.807) is 12.1 Å². The van der Waals surface area contributed by atoms with Gasteiger partial charge in [-0.25, -0.2) is 4.79 Å². The van der Waals surface area contributed by atoms with E-state index in [9.17, 15) is 4.79 Å². The second kappa shape index (κ2) is 9.11. The Labute approximate surface area is 197 Å². The van der Waals surface area contributed by atoms with Crippen molar-refractivity contribution in [2.45, 2.75) is 40.5 Å². The summed E-state index contributed by atoms with van der Waals surface area (Å²) in [7, 11) is 0. The predicted molar refractivity (Wildman–Crippen MR) is 135 cm³/mol. The van der Waals surface area contributed by atoms with E-state index in [4.69, 9.17) is 4.74 Å². The monoisotopic (exact) mass is 437 g/mol. The molecule has 4 rings (SSSR count). The van der Waals surface area contributed by atoms with Crippen LogP contribution in [0.4, 0.5) is 5.69 Å². The Kier molecular flexibility index (Phi) is 6.24. The van der Waals surface area contributed by atoms with Crippen LogP contribution in [0.25, 0.3) is 0 Å². The first-order valence-corrected chi connectivity index (χ1v) is 11.4. The van der Waals surface area contributed by atoms with Gasteiger partial charge in [0.2, 0.25) is 0 Å². The van der Waals surface area contributed by atoms with Crippen molar-refractivity contribution in [3.8, 4) is 0 Å². The van der Waals surface area contributed by atoms with Crippen LogP contribution in [0.15, 0.2) is 103 Å². The highest BCUT2D eigenvalue weighted by molar-refractivity contribution is 5.90. The molecule has 1 atom stereocenters. The van der Waals surface area contributed by atoms with E-state index in [0.717, 1.165) is 5.69 Å². The lowest BCUT2D eigenvalue weighted by Crippen LogP contribution is -2.28. The van der Waals surface area contributed by atoms with Gasteiger partial charge < -0.3 is 9.64 Å². The fraction of sp³-hybridized carbons (Fsp3) is 0.233. The Balaban J connectivity index is 1.86. The first-order chi connectivity index (χ1) is 15.8. The van der Waals surface area contributed by atoms with Crippen molar-refractivity contribution < 1.29 is 9.53 Å². The molecule has 1 heterocycles. The molecule has 0 saturated heterocycles. The number of nitrogens with zero attached hydrogens (tertiary/aromatic N) is 1. The van der Waals surface area contributed by atoms with Crippen molar-refractivity contribution in [1.82, 2.24) is 0 Å². The molecule has 3 aromatic carbocycles. The molecule has 0 aliphatic carbocycles. The third-order valence-corrected chi connectivity index (χ3v) is 6.61. The van der Waals surface area contributed by atoms with Crippen LogP contribution in [0.5, 0.6) is 0 Å². The van der Waals surface area contributed by atoms with Crippen molar-refractivity contribution in [1.29, 1.82) is 0 Å². The molecule has 0 amide bonds. The minimum atomic E-state index is -0.459. The van der Waals surface area contributed by atoms with Crippen molar-refractivity contribution >= 4 is 11.7 Å². The van der Waals surface area contributed by atoms with Gasteiger partial charge in [0.1, 0.15) is 5.76 Å². The highest BCUT2D eigenvalue weighted by atomic mass is 16.5. The summed E-state index contributed by atoms with van der Waals surface area (Å²) in [6.45, 7) is 10.7. The van der Waals surface area contributed by atoms with E-state index in [0.29, 0.717) is 11.3 Å². The molecule has 1 aliphatic rings. The lowest BCUT2D eigenvalue weighted by molar-refractivity contribution is 0.0533. The quantitative estimate of drug-likeness (QED) is 0.395. The van der Waals surface area contributed by atoms with Gasteiger partial charge in [-0.1, -0.05) is 74.5 Å². The number of aryl methyl sites for hydroxylation is 1. The Morgan fingerprint density at radius 3 is 2.12 bits per heavy atom. The van der Waals surface area contributed by atoms with Crippen LogP contribution in [-0.2, 0) is 4.74 Å². The molecule has 3 heteroatoms. The molecule has 33 heavy (non-hydrogen) atoms. The number of rotatable bonds is 4. The predicted octanol–water partition coefficient (Wildman–Crippen LogP) is 7.54. The van der Waals surface area contributed by atoms with E-state index >= 15 is 0 Å². The number of allylic oxidation sites excluding steroid dienone is 2. The molecule has 1 aliphatic heterocycles. The largest absolute Gasteiger partial charge is 0.425 e. The summed E-state index contributed by atoms with van der Waals surface area (Å²) in [4.78, 5) is 15.2. The molecule has 3 nitrogen and oxygen atoms in total. The maximum absolute atomic E-state index is 13.1. The zero-order valence-corrected chi connectivity index (χ0v) is 20.0. The highest BCUT2D eigenvalue weighted by Crippen LogP contribution is 2.48. The van der Waals surface area contributed by atoms with Crippen LogP contribution in [0.2, 0.25) is 0 Å². The molecular weight excluding hydrogens is 406 g/mol. The maximum Gasteiger partial charge on any atom is 0.343 e. The highest BCUT2D eigenvalue weighted by Gasteiger charge is 2.40. The molecule has 0 fully saturated rings. The van der Waals surface area contributed by atoms with Crippen molar-refractivity contribution in [3.05, 3.63) is 125 Å². The van der Waals surface area contributed by atoms with Crippen LogP contribution < -0.4 is 4.90 Å². The zero-order valence-electron chi connectivity index (χ0n) is 20.0. The second-order valence-corrected chi connectivity index (χ2v) is 9.31. The number of carbonyl (C=O) groups is 1. The first kappa shape index (κ1) is 22.6. The molecule has 0 N–H and O–H groups in total. The van der Waals surface area contributed by atoms with E-state index in [-0.39, 0.29) is 11.9 Å². The number of ether oxygens (including phenoxy) is 1. The van der Waals surface area contributed by atoms with Gasteiger partial charge in [0.05, 0.1) is 5.56 Å². The summed E-state index contributed by atoms with van der Waals surface area (Å²) in [5.74, 6) is 0.338. The number of hydrogen-bond donors (Lipinski definition) is 0. The summed E-state index contributed by atoms with van der Waals surface area (Å²) in [5, 5.41) is 0. The molecule has 0 aromatic heterocycles. The summed E-state index contributed by atoms with van der Waals surface area (Å²) >= 11 is 0. The van der Waals surface area contributed by atoms with Crippen molar-refractivity contribution in [2.75, 3.05) is 4.90 Å². The standard InChI is InChI=1S/C30H31NO2/c1-21-13-12-18-26(23(21)3)31-19-22(2)28(24-14-8-6-9-15-24)30(4,5)27(20-31)33-29(32)25-16-10-7-11-17-25/h6-20,28H,1-5H3. The minimum Gasteiger partial charge on any atom is -0.425 e. The first-order valence-electron chi connectivity index (χ1n) is 11.4. The van der Waals surface area contributed by atoms with Crippen LogP contribution in [0.1, 0.15) is 53.7 Å². The Morgan fingerprint density at radius 2 is 1.45 bits per heavy atom. The molecular formula is C30H31NO2. The van der Waals surface area contributed by atoms with Gasteiger partial charge in [-0.05, 0) is 61.2 Å². The van der Waals surface area contributed by atoms with Crippen molar-refractivity contribution in [3.63, 3.8) is 0 Å². The molecule has 0 spiro atoms. The van der Waals surface area contributed by atoms with Gasteiger partial charge in [-0.3, -0.25) is 0 Å². The smallest absolute Gasteiger partial charge is 0.343 e. The minimum absolute atomic E-state index is 0.0450. The average molecular weight is 438 g/mol. The third kappa shape index (κ3) is 4.49. The van der Waals surface area contributed by atoms with E-state index in [1.165, 1.54) is 22.3 Å². The maximum atomic E-state index is 13.1. The molecule has 168 valence electrons. The van der Waals surface area contributed by atoms with Crippen molar-refractivity contribution in [2.24, 2.45) is 5.41 Å². The SMILES string of the molecule is CC1=CN(c2cccc(C)c2C)C=C(OC(=O)c2ccccc2)C(C)(C)C1c1ccccc1. The Morgan fingerprint density at radius 1 is 0.818 bits per heavy atom. The van der Waals surface area contributed by atoms with E-state index in [1.807, 2.05) is 30.5 Å². The fourth-order valence-corrected chi connectivity index (χ4v) is 4.71. The number of esters is 1. The second-order valence-electron chi connectivity index (χ2n) is 9.31.